The van der Waals surface area contributed by atoms with E-state index < -0.39 is 16.2 Å². The highest BCUT2D eigenvalue weighted by Gasteiger charge is 2.68. The number of hydrogen-bond donors (Lipinski definition) is 1. The maximum absolute atomic E-state index is 10.9. The van der Waals surface area contributed by atoms with Crippen LogP contribution in [-0.4, -0.2) is 15.4 Å². The van der Waals surface area contributed by atoms with Crippen LogP contribution in [0.15, 0.2) is 21.2 Å². The predicted octanol–water partition coefficient (Wildman–Crippen LogP) is 4.30. The van der Waals surface area contributed by atoms with Gasteiger partial charge in [0.05, 0.1) is 11.0 Å². The zero-order chi connectivity index (χ0) is 12.7. The Kier molecular flexibility index (Phi) is 4.39. The summed E-state index contributed by atoms with van der Waals surface area (Å²) in [6.07, 6.45) is 1.68. The number of carboxylic acids is 1. The number of alkyl halides is 2. The molecule has 0 amide bonds. The summed E-state index contributed by atoms with van der Waals surface area (Å²) in [5, 5.41) is 9.41. The summed E-state index contributed by atoms with van der Waals surface area (Å²) in [5.74, 6) is -2.13. The molecule has 0 saturated heterocycles. The molecular formula is C10H10BrCl3O2. The van der Waals surface area contributed by atoms with Crippen LogP contribution in [0.4, 0.5) is 0 Å². The van der Waals surface area contributed by atoms with Crippen molar-refractivity contribution in [3.63, 3.8) is 0 Å². The van der Waals surface area contributed by atoms with Gasteiger partial charge in [-0.05, 0) is 19.9 Å². The lowest BCUT2D eigenvalue weighted by atomic mass is 10.1. The van der Waals surface area contributed by atoms with Crippen molar-refractivity contribution in [1.29, 1.82) is 0 Å². The Morgan fingerprint density at radius 1 is 1.38 bits per heavy atom. The van der Waals surface area contributed by atoms with Gasteiger partial charge in [0.15, 0.2) is 0 Å². The van der Waals surface area contributed by atoms with Crippen molar-refractivity contribution in [2.24, 2.45) is 11.8 Å². The van der Waals surface area contributed by atoms with E-state index in [1.165, 1.54) is 0 Å². The van der Waals surface area contributed by atoms with Crippen LogP contribution in [0.5, 0.6) is 0 Å². The monoisotopic (exact) mass is 346 g/mol. The summed E-state index contributed by atoms with van der Waals surface area (Å²) in [5.41, 5.74) is 0.765. The van der Waals surface area contributed by atoms with Gasteiger partial charge in [-0.15, -0.1) is 0 Å². The van der Waals surface area contributed by atoms with Crippen LogP contribution in [0.25, 0.3) is 0 Å². The number of carbonyl (C=O) groups is 1. The number of allylic oxidation sites excluding steroid dienone is 4. The first kappa shape index (κ1) is 14.4. The molecule has 0 aromatic carbocycles. The Balaban J connectivity index is 2.91. The van der Waals surface area contributed by atoms with E-state index in [0.717, 1.165) is 10.1 Å². The maximum Gasteiger partial charge on any atom is 0.310 e. The summed E-state index contributed by atoms with van der Waals surface area (Å²) in [7, 11) is 0. The Labute approximate surface area is 117 Å². The fourth-order valence-electron chi connectivity index (χ4n) is 1.59. The van der Waals surface area contributed by atoms with Crippen molar-refractivity contribution in [1.82, 2.24) is 0 Å². The summed E-state index contributed by atoms with van der Waals surface area (Å²) in [6, 6.07) is 0. The molecule has 1 aliphatic carbocycles. The van der Waals surface area contributed by atoms with Crippen LogP contribution < -0.4 is 0 Å². The molecule has 2 nitrogen and oxygen atoms in total. The highest BCUT2D eigenvalue weighted by molar-refractivity contribution is 9.11. The lowest BCUT2D eigenvalue weighted by molar-refractivity contribution is -0.138. The van der Waals surface area contributed by atoms with Crippen LogP contribution in [0, 0.1) is 11.8 Å². The standard InChI is InChI=1S/C10H10BrCl3O2/c1-4(3-6(12)5(2)11)7-8(9(15)16)10(7,13)14/h3,7-8H,1-2H3,(H,15,16)/b4-3+,6-5-. The van der Waals surface area contributed by atoms with E-state index in [-0.39, 0.29) is 5.92 Å². The first-order valence-electron chi connectivity index (χ1n) is 4.50. The van der Waals surface area contributed by atoms with Crippen molar-refractivity contribution < 1.29 is 9.90 Å². The topological polar surface area (TPSA) is 37.3 Å². The van der Waals surface area contributed by atoms with Crippen LogP contribution >= 0.6 is 50.7 Å². The molecule has 6 heteroatoms. The molecule has 0 bridgehead atoms. The van der Waals surface area contributed by atoms with Gasteiger partial charge in [0.2, 0.25) is 0 Å². The van der Waals surface area contributed by atoms with Crippen LogP contribution in [0.1, 0.15) is 13.8 Å². The Hall–Kier alpha value is 0.300. The highest BCUT2D eigenvalue weighted by atomic mass is 79.9. The van der Waals surface area contributed by atoms with Gasteiger partial charge in [-0.25, -0.2) is 0 Å². The van der Waals surface area contributed by atoms with Gasteiger partial charge in [0, 0.05) is 10.4 Å². The Bertz CT molecular complexity index is 384. The largest absolute Gasteiger partial charge is 0.481 e. The number of rotatable bonds is 3. The third kappa shape index (κ3) is 2.76. The minimum Gasteiger partial charge on any atom is -0.481 e. The quantitative estimate of drug-likeness (QED) is 0.610. The van der Waals surface area contributed by atoms with Crippen LogP contribution in [0.2, 0.25) is 0 Å². The number of aliphatic carboxylic acids is 1. The predicted molar refractivity (Wildman–Crippen MR) is 70.3 cm³/mol. The molecule has 1 N–H and O–H groups in total. The van der Waals surface area contributed by atoms with Gasteiger partial charge >= 0.3 is 5.97 Å². The van der Waals surface area contributed by atoms with Crippen molar-refractivity contribution >= 4 is 56.7 Å². The average Bonchev–Trinajstić information content (AvgIpc) is 2.68. The SMILES string of the molecule is C/C(Br)=C(Cl)\C=C(/C)C1C(C(=O)O)C1(Cl)Cl. The smallest absolute Gasteiger partial charge is 0.310 e. The lowest BCUT2D eigenvalue weighted by Gasteiger charge is -2.00. The summed E-state index contributed by atoms with van der Waals surface area (Å²) < 4.78 is -0.445. The zero-order valence-corrected chi connectivity index (χ0v) is 12.5. The number of halogens is 4. The molecule has 1 aliphatic rings. The van der Waals surface area contributed by atoms with E-state index in [1.54, 1.807) is 19.9 Å². The zero-order valence-electron chi connectivity index (χ0n) is 8.60. The second-order valence-corrected chi connectivity index (χ2v) is 6.78. The van der Waals surface area contributed by atoms with Crippen LogP contribution in [0.3, 0.4) is 0 Å². The average molecular weight is 348 g/mol. The van der Waals surface area contributed by atoms with Gasteiger partial charge < -0.3 is 5.11 Å². The molecule has 1 saturated carbocycles. The van der Waals surface area contributed by atoms with Gasteiger partial charge in [-0.1, -0.05) is 56.3 Å². The molecule has 16 heavy (non-hydrogen) atoms. The second-order valence-electron chi connectivity index (χ2n) is 3.74. The molecule has 2 unspecified atom stereocenters. The second kappa shape index (κ2) is 4.89. The molecule has 0 aromatic heterocycles. The molecule has 90 valence electrons. The van der Waals surface area contributed by atoms with E-state index in [0.29, 0.717) is 5.03 Å². The minimum absolute atomic E-state index is 0.381. The van der Waals surface area contributed by atoms with E-state index in [1.807, 2.05) is 0 Å². The summed E-state index contributed by atoms with van der Waals surface area (Å²) in [6.45, 7) is 3.56. The van der Waals surface area contributed by atoms with Crippen molar-refractivity contribution in [2.45, 2.75) is 18.2 Å². The summed E-state index contributed by atoms with van der Waals surface area (Å²) >= 11 is 21.0. The molecule has 1 rings (SSSR count). The first-order chi connectivity index (χ1) is 7.19. The van der Waals surface area contributed by atoms with E-state index in [4.69, 9.17) is 39.9 Å². The molecule has 1 fully saturated rings. The highest BCUT2D eigenvalue weighted by Crippen LogP contribution is 2.62. The minimum atomic E-state index is -1.22. The normalized spacial score (nSPS) is 29.8. The molecule has 0 aliphatic heterocycles. The van der Waals surface area contributed by atoms with Crippen molar-refractivity contribution in [3.05, 3.63) is 21.2 Å². The third-order valence-corrected chi connectivity index (χ3v) is 4.48. The van der Waals surface area contributed by atoms with Gasteiger partial charge in [-0.3, -0.25) is 4.79 Å². The molecule has 0 aromatic rings. The van der Waals surface area contributed by atoms with Crippen molar-refractivity contribution in [3.8, 4) is 0 Å². The first-order valence-corrected chi connectivity index (χ1v) is 6.43. The van der Waals surface area contributed by atoms with Crippen LogP contribution in [-0.2, 0) is 4.79 Å². The molecule has 0 heterocycles. The van der Waals surface area contributed by atoms with Gasteiger partial charge in [0.25, 0.3) is 0 Å². The maximum atomic E-state index is 10.9. The van der Waals surface area contributed by atoms with E-state index in [2.05, 4.69) is 15.9 Å². The lowest BCUT2D eigenvalue weighted by Crippen LogP contribution is -2.03. The van der Waals surface area contributed by atoms with E-state index >= 15 is 0 Å². The van der Waals surface area contributed by atoms with Crippen molar-refractivity contribution in [2.75, 3.05) is 0 Å². The number of carboxylic acid groups (broad SMARTS) is 1. The molecular weight excluding hydrogens is 338 g/mol. The molecule has 0 radical (unpaired) electrons. The van der Waals surface area contributed by atoms with Gasteiger partial charge in [0.1, 0.15) is 4.33 Å². The summed E-state index contributed by atoms with van der Waals surface area (Å²) in [4.78, 5) is 10.9. The Morgan fingerprint density at radius 2 is 1.88 bits per heavy atom. The molecule has 2 atom stereocenters. The third-order valence-electron chi connectivity index (χ3n) is 2.49. The Morgan fingerprint density at radius 3 is 2.19 bits per heavy atom. The number of hydrogen-bond acceptors (Lipinski definition) is 1. The van der Waals surface area contributed by atoms with Gasteiger partial charge in [-0.2, -0.15) is 0 Å². The molecule has 0 spiro atoms. The fourth-order valence-corrected chi connectivity index (χ4v) is 2.79. The fraction of sp³-hybridized carbons (Fsp3) is 0.500. The van der Waals surface area contributed by atoms with E-state index in [9.17, 15) is 4.79 Å².